The lowest BCUT2D eigenvalue weighted by Gasteiger charge is -2.27. The molecule has 1 aliphatic carbocycles. The van der Waals surface area contributed by atoms with E-state index in [0.29, 0.717) is 18.1 Å². The molecule has 2 aromatic rings. The third kappa shape index (κ3) is 4.44. The molecule has 0 saturated carbocycles. The van der Waals surface area contributed by atoms with Gasteiger partial charge in [-0.25, -0.2) is 17.2 Å². The number of carboxylic acid groups (broad SMARTS) is 1. The van der Waals surface area contributed by atoms with Crippen LogP contribution in [0.1, 0.15) is 24.6 Å². The van der Waals surface area contributed by atoms with Gasteiger partial charge in [0.05, 0.1) is 23.4 Å². The lowest BCUT2D eigenvalue weighted by molar-refractivity contribution is -0.150. The third-order valence-electron chi connectivity index (χ3n) is 5.36. The van der Waals surface area contributed by atoms with E-state index in [-0.39, 0.29) is 29.6 Å². The van der Waals surface area contributed by atoms with Gasteiger partial charge in [0.15, 0.2) is 11.9 Å². The van der Waals surface area contributed by atoms with E-state index in [4.69, 9.17) is 19.3 Å². The quantitative estimate of drug-likeness (QED) is 0.666. The number of hydrogen-bond donors (Lipinski definition) is 1. The topological polar surface area (TPSA) is 104 Å². The molecule has 2 unspecified atom stereocenters. The smallest absolute Gasteiger partial charge is 0.416 e. The lowest BCUT2D eigenvalue weighted by atomic mass is 10.1. The number of nitrogens with zero attached hydrogens (tertiary/aromatic N) is 1. The summed E-state index contributed by atoms with van der Waals surface area (Å²) in [6.07, 6.45) is -2.95. The zero-order valence-electron chi connectivity index (χ0n) is 17.3. The molecule has 1 N–H and O–H groups in total. The van der Waals surface area contributed by atoms with E-state index in [1.807, 2.05) is 0 Å². The van der Waals surface area contributed by atoms with Crippen molar-refractivity contribution in [3.63, 3.8) is 0 Å². The summed E-state index contributed by atoms with van der Waals surface area (Å²) in [6, 6.07) is 3.99. The van der Waals surface area contributed by atoms with Crippen LogP contribution in [0.3, 0.4) is 0 Å². The molecule has 33 heavy (non-hydrogen) atoms. The molecule has 12 heteroatoms. The molecule has 0 saturated heterocycles. The summed E-state index contributed by atoms with van der Waals surface area (Å²) in [5, 5.41) is 8.01. The summed E-state index contributed by atoms with van der Waals surface area (Å²) < 4.78 is 83.9. The summed E-state index contributed by atoms with van der Waals surface area (Å²) in [5.41, 5.74) is -0.902. The number of hydrogen-bond acceptors (Lipinski definition) is 6. The Morgan fingerprint density at radius 2 is 2.00 bits per heavy atom. The van der Waals surface area contributed by atoms with Crippen molar-refractivity contribution >= 4 is 26.9 Å². The molecule has 1 aromatic carbocycles. The van der Waals surface area contributed by atoms with Gasteiger partial charge in [-0.05, 0) is 37.3 Å². The highest BCUT2D eigenvalue weighted by molar-refractivity contribution is 7.90. The number of alkyl halides is 3. The fourth-order valence-corrected chi connectivity index (χ4v) is 5.44. The second-order valence-electron chi connectivity index (χ2n) is 7.59. The minimum Gasteiger partial charge on any atom is -0.490 e. The Morgan fingerprint density at radius 1 is 1.27 bits per heavy atom. The fourth-order valence-electron chi connectivity index (χ4n) is 3.66. The van der Waals surface area contributed by atoms with Gasteiger partial charge in [0.25, 0.3) is 0 Å². The molecule has 2 aliphatic rings. The first-order valence-corrected chi connectivity index (χ1v) is 11.5. The predicted octanol–water partition coefficient (Wildman–Crippen LogP) is 3.41. The summed E-state index contributed by atoms with van der Waals surface area (Å²) in [7, 11) is -4.19. The van der Waals surface area contributed by atoms with Crippen LogP contribution in [0.4, 0.5) is 13.2 Å². The number of aliphatic carboxylic acids is 1. The van der Waals surface area contributed by atoms with Gasteiger partial charge >= 0.3 is 12.1 Å². The maximum atomic E-state index is 13.6. The monoisotopic (exact) mass is 487 g/mol. The number of rotatable bonds is 6. The first-order valence-electron chi connectivity index (χ1n) is 9.96. The largest absolute Gasteiger partial charge is 0.490 e. The summed E-state index contributed by atoms with van der Waals surface area (Å²) in [6.45, 7) is 1.45. The van der Waals surface area contributed by atoms with Crippen LogP contribution in [0.25, 0.3) is 10.9 Å². The third-order valence-corrected chi connectivity index (χ3v) is 7.39. The summed E-state index contributed by atoms with van der Waals surface area (Å²) in [5.74, 6) is -0.437. The highest BCUT2D eigenvalue weighted by Crippen LogP contribution is 2.35. The molecule has 2 atom stereocenters. The number of allylic oxidation sites excluding steroid dienone is 2. The summed E-state index contributed by atoms with van der Waals surface area (Å²) in [4.78, 5) is 11.1. The van der Waals surface area contributed by atoms with Crippen molar-refractivity contribution < 1.29 is 45.7 Å². The number of benzene rings is 1. The Morgan fingerprint density at radius 3 is 2.70 bits per heavy atom. The van der Waals surface area contributed by atoms with Crippen LogP contribution in [0, 0.1) is 0 Å². The van der Waals surface area contributed by atoms with E-state index in [0.717, 1.165) is 22.2 Å². The zero-order chi connectivity index (χ0) is 24.0. The number of carboxylic acids is 1. The Hall–Kier alpha value is -2.99. The van der Waals surface area contributed by atoms with Crippen LogP contribution in [0.2, 0.25) is 0 Å². The molecule has 1 aliphatic heterocycles. The number of fused-ring (bicyclic) bond motifs is 1. The first-order chi connectivity index (χ1) is 15.5. The normalized spacial score (nSPS) is 19.7. The van der Waals surface area contributed by atoms with Crippen molar-refractivity contribution in [2.24, 2.45) is 0 Å². The molecule has 0 bridgehead atoms. The maximum absolute atomic E-state index is 13.6. The molecule has 8 nitrogen and oxygen atoms in total. The van der Waals surface area contributed by atoms with Gasteiger partial charge in [0, 0.05) is 11.8 Å². The average Bonchev–Trinajstić information content (AvgIpc) is 3.14. The number of halogens is 3. The molecule has 0 radical (unpaired) electrons. The molecule has 0 amide bonds. The van der Waals surface area contributed by atoms with Crippen molar-refractivity contribution in [2.45, 2.75) is 37.5 Å². The van der Waals surface area contributed by atoms with Crippen LogP contribution in [0.15, 0.2) is 47.9 Å². The zero-order valence-corrected chi connectivity index (χ0v) is 18.1. The number of aromatic nitrogens is 1. The Bertz CT molecular complexity index is 1260. The van der Waals surface area contributed by atoms with E-state index in [9.17, 15) is 26.4 Å². The van der Waals surface area contributed by atoms with Gasteiger partial charge < -0.3 is 19.3 Å². The van der Waals surface area contributed by atoms with Gasteiger partial charge in [-0.1, -0.05) is 6.08 Å². The van der Waals surface area contributed by atoms with Crippen LogP contribution in [0.5, 0.6) is 0 Å². The molecule has 0 fully saturated rings. The van der Waals surface area contributed by atoms with Gasteiger partial charge in [-0.2, -0.15) is 13.2 Å². The van der Waals surface area contributed by atoms with Gasteiger partial charge in [-0.15, -0.1) is 0 Å². The van der Waals surface area contributed by atoms with Crippen molar-refractivity contribution in [3.8, 4) is 0 Å². The second-order valence-corrected chi connectivity index (χ2v) is 9.59. The van der Waals surface area contributed by atoms with Crippen molar-refractivity contribution in [1.29, 1.82) is 0 Å². The van der Waals surface area contributed by atoms with Crippen LogP contribution in [-0.2, 0) is 41.8 Å². The van der Waals surface area contributed by atoms with E-state index in [1.54, 1.807) is 0 Å². The standard InChI is InChI=1S/C21H20F3NO7S/c1-12(20(26)27)32-11-15-9-13-8-14(21(22,23)24)2-4-17(13)25(15)33(28,29)16-3-5-18-19(10-16)31-7-6-30-18/h2-5,8-9,12,16H,6-7,10-11H2,1H3,(H,26,27). The number of carbonyl (C=O) groups is 1. The predicted molar refractivity (Wildman–Crippen MR) is 110 cm³/mol. The molecule has 0 spiro atoms. The highest BCUT2D eigenvalue weighted by atomic mass is 32.2. The number of ether oxygens (including phenoxy) is 3. The van der Waals surface area contributed by atoms with E-state index >= 15 is 0 Å². The van der Waals surface area contributed by atoms with E-state index in [2.05, 4.69) is 0 Å². The maximum Gasteiger partial charge on any atom is 0.416 e. The first kappa shape index (κ1) is 23.2. The lowest BCUT2D eigenvalue weighted by Crippen LogP contribution is -2.31. The Balaban J connectivity index is 1.78. The second kappa shape index (κ2) is 8.41. The molecule has 178 valence electrons. The van der Waals surface area contributed by atoms with Gasteiger partial charge in [-0.3, -0.25) is 0 Å². The minimum absolute atomic E-state index is 0.00594. The van der Waals surface area contributed by atoms with Gasteiger partial charge in [0.2, 0.25) is 10.0 Å². The molecular formula is C21H20F3NO7S. The Labute approximate surface area is 186 Å². The minimum atomic E-state index is -4.61. The molecule has 4 rings (SSSR count). The van der Waals surface area contributed by atoms with Crippen molar-refractivity contribution in [1.82, 2.24) is 3.97 Å². The summed E-state index contributed by atoms with van der Waals surface area (Å²) >= 11 is 0. The van der Waals surface area contributed by atoms with Crippen LogP contribution in [-0.4, -0.2) is 48.0 Å². The molecule has 1 aromatic heterocycles. The van der Waals surface area contributed by atoms with Crippen molar-refractivity contribution in [2.75, 3.05) is 13.2 Å². The van der Waals surface area contributed by atoms with E-state index < -0.39 is 45.7 Å². The van der Waals surface area contributed by atoms with E-state index in [1.165, 1.54) is 25.1 Å². The van der Waals surface area contributed by atoms with Crippen LogP contribution < -0.4 is 0 Å². The average molecular weight is 487 g/mol. The highest BCUT2D eigenvalue weighted by Gasteiger charge is 2.35. The molecular weight excluding hydrogens is 467 g/mol. The van der Waals surface area contributed by atoms with Crippen LogP contribution >= 0.6 is 0 Å². The Kier molecular flexibility index (Phi) is 5.91. The van der Waals surface area contributed by atoms with Gasteiger partial charge in [0.1, 0.15) is 24.2 Å². The van der Waals surface area contributed by atoms with Crippen molar-refractivity contribution in [3.05, 3.63) is 59.2 Å². The fraction of sp³-hybridized carbons (Fsp3) is 0.381. The molecule has 2 heterocycles. The SMILES string of the molecule is CC(OCc1cc2cc(C(F)(F)F)ccc2n1S(=O)(=O)C1C=CC2=C(C1)OCCO2)C(=O)O.